The maximum absolute atomic E-state index is 6.63. The summed E-state index contributed by atoms with van der Waals surface area (Å²) in [6, 6.07) is 85.8. The number of rotatable bonds is 7. The first kappa shape index (κ1) is 42.5. The summed E-state index contributed by atoms with van der Waals surface area (Å²) in [5.41, 5.74) is 16.2. The Morgan fingerprint density at radius 1 is 0.289 bits per heavy atom. The van der Waals surface area contributed by atoms with Crippen LogP contribution in [-0.4, -0.2) is 19.5 Å². The van der Waals surface area contributed by atoms with Crippen LogP contribution in [-0.2, 0) is 0 Å². The van der Waals surface area contributed by atoms with Crippen LogP contribution in [0.2, 0.25) is 0 Å². The third-order valence-corrected chi connectivity index (χ3v) is 16.2. The number of fused-ring (bicyclic) bond motifs is 12. The van der Waals surface area contributed by atoms with Gasteiger partial charge in [0.15, 0.2) is 17.5 Å². The summed E-state index contributed by atoms with van der Waals surface area (Å²) in [6.07, 6.45) is 0. The molecule has 6 nitrogen and oxygen atoms in total. The number of para-hydroxylation sites is 2. The summed E-state index contributed by atoms with van der Waals surface area (Å²) in [6.45, 7) is 0. The standard InChI is InChI=1S/C69H40N4O2S/c1-4-14-41(15-5-1)43-28-33-59-54(36-43)51-31-26-47(40-62(51)75-59)68-70-67(42-16-6-2-7-17-42)71-69(72-68)52-22-12-24-61-65(52)55-37-44(29-34-60(55)74-61)45-30-35-63-56(38-45)66-49(21-13-25-64(66)76-63)46-27-32-58-53(39-46)50-20-10-11-23-57(50)73(58)48-18-8-3-9-19-48/h1-40H. The van der Waals surface area contributed by atoms with Crippen LogP contribution in [0.25, 0.3) is 159 Å². The van der Waals surface area contributed by atoms with Crippen molar-refractivity contribution in [2.45, 2.75) is 0 Å². The van der Waals surface area contributed by atoms with Gasteiger partial charge < -0.3 is 13.4 Å². The van der Waals surface area contributed by atoms with Gasteiger partial charge in [0.1, 0.15) is 22.3 Å². The van der Waals surface area contributed by atoms with Crippen LogP contribution in [0.3, 0.4) is 0 Å². The zero-order chi connectivity index (χ0) is 49.8. The molecule has 7 heteroatoms. The number of aromatic nitrogens is 4. The molecule has 0 saturated carbocycles. The van der Waals surface area contributed by atoms with E-state index in [1.54, 1.807) is 0 Å². The number of hydrogen-bond donors (Lipinski definition) is 0. The molecule has 76 heavy (non-hydrogen) atoms. The minimum absolute atomic E-state index is 0.552. The molecule has 0 saturated heterocycles. The quantitative estimate of drug-likeness (QED) is 0.159. The molecule has 0 N–H and O–H groups in total. The number of thiophene rings is 1. The zero-order valence-electron chi connectivity index (χ0n) is 40.6. The molecule has 5 heterocycles. The highest BCUT2D eigenvalue weighted by Gasteiger charge is 2.21. The number of hydrogen-bond acceptors (Lipinski definition) is 6. The van der Waals surface area contributed by atoms with Crippen molar-refractivity contribution in [2.24, 2.45) is 0 Å². The first-order valence-corrected chi connectivity index (χ1v) is 26.3. The molecule has 16 rings (SSSR count). The lowest BCUT2D eigenvalue weighted by atomic mass is 9.96. The Morgan fingerprint density at radius 3 is 1.71 bits per heavy atom. The summed E-state index contributed by atoms with van der Waals surface area (Å²) in [5, 5.41) is 9.02. The Hall–Kier alpha value is -9.95. The van der Waals surface area contributed by atoms with E-state index in [0.29, 0.717) is 17.5 Å². The first-order valence-electron chi connectivity index (χ1n) is 25.5. The summed E-state index contributed by atoms with van der Waals surface area (Å²) in [7, 11) is 0. The molecule has 0 atom stereocenters. The van der Waals surface area contributed by atoms with Gasteiger partial charge in [-0.25, -0.2) is 15.0 Å². The minimum Gasteiger partial charge on any atom is -0.456 e. The molecule has 0 amide bonds. The molecule has 11 aromatic carbocycles. The van der Waals surface area contributed by atoms with Gasteiger partial charge in [0, 0.05) is 74.9 Å². The third-order valence-electron chi connectivity index (χ3n) is 15.1. The predicted octanol–water partition coefficient (Wildman–Crippen LogP) is 19.1. The van der Waals surface area contributed by atoms with E-state index in [-0.39, 0.29) is 0 Å². The lowest BCUT2D eigenvalue weighted by molar-refractivity contribution is 0.668. The zero-order valence-corrected chi connectivity index (χ0v) is 41.4. The van der Waals surface area contributed by atoms with E-state index >= 15 is 0 Å². The Labute approximate surface area is 439 Å². The van der Waals surface area contributed by atoms with Crippen molar-refractivity contribution in [3.63, 3.8) is 0 Å². The highest BCUT2D eigenvalue weighted by Crippen LogP contribution is 2.45. The number of furan rings is 2. The van der Waals surface area contributed by atoms with Crippen LogP contribution < -0.4 is 0 Å². The normalized spacial score (nSPS) is 11.9. The molecule has 0 spiro atoms. The highest BCUT2D eigenvalue weighted by atomic mass is 32.1. The summed E-state index contributed by atoms with van der Waals surface area (Å²) in [5.74, 6) is 1.69. The maximum atomic E-state index is 6.63. The van der Waals surface area contributed by atoms with Crippen molar-refractivity contribution in [3.05, 3.63) is 243 Å². The lowest BCUT2D eigenvalue weighted by Gasteiger charge is -2.10. The highest BCUT2D eigenvalue weighted by molar-refractivity contribution is 7.26. The van der Waals surface area contributed by atoms with E-state index in [0.717, 1.165) is 88.5 Å². The smallest absolute Gasteiger partial charge is 0.164 e. The molecule has 0 radical (unpaired) electrons. The van der Waals surface area contributed by atoms with Crippen LogP contribution in [0.4, 0.5) is 0 Å². The van der Waals surface area contributed by atoms with Crippen molar-refractivity contribution in [2.75, 3.05) is 0 Å². The topological polar surface area (TPSA) is 69.9 Å². The molecule has 0 bridgehead atoms. The molecule has 5 aromatic heterocycles. The van der Waals surface area contributed by atoms with Crippen molar-refractivity contribution >= 4 is 97.2 Å². The predicted molar refractivity (Wildman–Crippen MR) is 314 cm³/mol. The molecule has 0 aliphatic carbocycles. The fourth-order valence-corrected chi connectivity index (χ4v) is 12.6. The van der Waals surface area contributed by atoms with Gasteiger partial charge >= 0.3 is 0 Å². The molecule has 0 unspecified atom stereocenters. The summed E-state index contributed by atoms with van der Waals surface area (Å²) >= 11 is 1.84. The van der Waals surface area contributed by atoms with Crippen LogP contribution in [0.15, 0.2) is 251 Å². The van der Waals surface area contributed by atoms with Gasteiger partial charge in [-0.2, -0.15) is 0 Å². The first-order chi connectivity index (χ1) is 37.6. The van der Waals surface area contributed by atoms with E-state index in [1.165, 1.54) is 53.1 Å². The van der Waals surface area contributed by atoms with E-state index < -0.39 is 0 Å². The Morgan fingerprint density at radius 2 is 0.882 bits per heavy atom. The van der Waals surface area contributed by atoms with E-state index in [9.17, 15) is 0 Å². The van der Waals surface area contributed by atoms with Crippen LogP contribution in [0, 0.1) is 0 Å². The number of benzene rings is 11. The second-order valence-corrected chi connectivity index (χ2v) is 20.5. The van der Waals surface area contributed by atoms with Crippen LogP contribution in [0.1, 0.15) is 0 Å². The average Bonchev–Trinajstić information content (AvgIpc) is 4.27. The van der Waals surface area contributed by atoms with Gasteiger partial charge in [-0.15, -0.1) is 11.3 Å². The molecule has 0 aliphatic rings. The molecular formula is C69H40N4O2S. The van der Waals surface area contributed by atoms with Gasteiger partial charge in [0.05, 0.1) is 11.0 Å². The average molecular weight is 989 g/mol. The molecule has 0 aliphatic heterocycles. The Bertz CT molecular complexity index is 4990. The maximum Gasteiger partial charge on any atom is 0.164 e. The van der Waals surface area contributed by atoms with Gasteiger partial charge in [-0.1, -0.05) is 152 Å². The molecular weight excluding hydrogens is 949 g/mol. The fraction of sp³-hybridized carbons (Fsp3) is 0. The summed E-state index contributed by atoms with van der Waals surface area (Å²) < 4.78 is 18.0. The fourth-order valence-electron chi connectivity index (χ4n) is 11.5. The molecule has 354 valence electrons. The molecule has 16 aromatic rings. The Kier molecular flexibility index (Phi) is 9.40. The van der Waals surface area contributed by atoms with Crippen LogP contribution >= 0.6 is 11.3 Å². The second-order valence-electron chi connectivity index (χ2n) is 19.5. The van der Waals surface area contributed by atoms with Crippen molar-refractivity contribution < 1.29 is 8.83 Å². The van der Waals surface area contributed by atoms with E-state index in [4.69, 9.17) is 23.8 Å². The monoisotopic (exact) mass is 988 g/mol. The van der Waals surface area contributed by atoms with Crippen molar-refractivity contribution in [3.8, 4) is 73.2 Å². The Balaban J connectivity index is 0.817. The van der Waals surface area contributed by atoms with Gasteiger partial charge in [-0.05, 0) is 124 Å². The largest absolute Gasteiger partial charge is 0.456 e. The molecule has 0 fully saturated rings. The minimum atomic E-state index is 0.552. The van der Waals surface area contributed by atoms with E-state index in [1.807, 2.05) is 65.9 Å². The SMILES string of the molecule is c1ccc(-c2ccc3oc4cc(-c5nc(-c6ccccc6)nc(-c6cccc7oc8ccc(-c9ccc%10sc%11cccc(-c%12ccc%13c(c%12)c%12ccccc%12n%13-c%12ccccc%12)c%11c%10c9)cc8c67)n5)ccc4c3c2)cc1. The van der Waals surface area contributed by atoms with Crippen LogP contribution in [0.5, 0.6) is 0 Å². The van der Waals surface area contributed by atoms with Gasteiger partial charge in [0.25, 0.3) is 0 Å². The van der Waals surface area contributed by atoms with Crippen molar-refractivity contribution in [1.82, 2.24) is 19.5 Å². The van der Waals surface area contributed by atoms with Crippen molar-refractivity contribution in [1.29, 1.82) is 0 Å². The second kappa shape index (κ2) is 16.8. The van der Waals surface area contributed by atoms with Gasteiger partial charge in [0.2, 0.25) is 0 Å². The third kappa shape index (κ3) is 6.76. The van der Waals surface area contributed by atoms with E-state index in [2.05, 4.69) is 193 Å². The number of nitrogens with zero attached hydrogens (tertiary/aromatic N) is 4. The summed E-state index contributed by atoms with van der Waals surface area (Å²) in [4.78, 5) is 15.6. The lowest BCUT2D eigenvalue weighted by Crippen LogP contribution is -2.00. The van der Waals surface area contributed by atoms with Gasteiger partial charge in [-0.3, -0.25) is 0 Å².